The maximum absolute atomic E-state index is 9.87. The van der Waals surface area contributed by atoms with E-state index in [4.69, 9.17) is 27.2 Å². The molecule has 0 bridgehead atoms. The summed E-state index contributed by atoms with van der Waals surface area (Å²) in [6, 6.07) is 17.4. The summed E-state index contributed by atoms with van der Waals surface area (Å²) in [7, 11) is 0. The molecule has 2 atom stereocenters. The highest BCUT2D eigenvalue weighted by atomic mass is 35.5. The summed E-state index contributed by atoms with van der Waals surface area (Å²) in [4.78, 5) is 1.01. The summed E-state index contributed by atoms with van der Waals surface area (Å²) < 4.78 is 6.00. The highest BCUT2D eigenvalue weighted by Gasteiger charge is 2.17. The maximum atomic E-state index is 9.87. The molecule has 0 saturated heterocycles. The van der Waals surface area contributed by atoms with Crippen LogP contribution in [0.15, 0.2) is 60.0 Å². The molecule has 0 spiro atoms. The highest BCUT2D eigenvalue weighted by Crippen LogP contribution is 2.38. The molecule has 2 unspecified atom stereocenters. The number of halogens is 1. The first-order valence-corrected chi connectivity index (χ1v) is 10.4. The summed E-state index contributed by atoms with van der Waals surface area (Å²) in [6.45, 7) is 0.439. The van der Waals surface area contributed by atoms with Crippen LogP contribution < -0.4 is 10.5 Å². The normalized spacial score (nSPS) is 13.3. The third-order valence-electron chi connectivity index (χ3n) is 4.52. The third kappa shape index (κ3) is 5.34. The second kappa shape index (κ2) is 10.0. The Morgan fingerprint density at radius 2 is 1.89 bits per heavy atom. The maximum Gasteiger partial charge on any atom is 0.138 e. The number of hydrogen-bond donors (Lipinski definition) is 3. The van der Waals surface area contributed by atoms with Crippen LogP contribution in [0, 0.1) is 0 Å². The predicted molar refractivity (Wildman–Crippen MR) is 115 cm³/mol. The molecule has 4 N–H and O–H groups in total. The SMILES string of the molecule is NC(CC(O)CCO)c1ccc(-c2sccc2OCc2ccccc2)cc1Cl. The molecule has 0 fully saturated rings. The second-order valence-corrected chi connectivity index (χ2v) is 7.96. The Bertz CT molecular complexity index is 884. The van der Waals surface area contributed by atoms with Crippen LogP contribution in [0.2, 0.25) is 5.02 Å². The summed E-state index contributed by atoms with van der Waals surface area (Å²) in [5.74, 6) is 0.820. The molecule has 6 heteroatoms. The largest absolute Gasteiger partial charge is 0.487 e. The second-order valence-electron chi connectivity index (χ2n) is 6.63. The summed E-state index contributed by atoms with van der Waals surface area (Å²) in [5, 5.41) is 21.3. The van der Waals surface area contributed by atoms with E-state index < -0.39 is 6.10 Å². The molecule has 3 aromatic rings. The van der Waals surface area contributed by atoms with E-state index in [9.17, 15) is 5.11 Å². The highest BCUT2D eigenvalue weighted by molar-refractivity contribution is 7.14. The lowest BCUT2D eigenvalue weighted by molar-refractivity contribution is 0.118. The van der Waals surface area contributed by atoms with Crippen molar-refractivity contribution < 1.29 is 14.9 Å². The topological polar surface area (TPSA) is 75.7 Å². The van der Waals surface area contributed by atoms with Crippen molar-refractivity contribution in [2.45, 2.75) is 31.6 Å². The quantitative estimate of drug-likeness (QED) is 0.468. The lowest BCUT2D eigenvalue weighted by Gasteiger charge is -2.18. The fraction of sp³-hybridized carbons (Fsp3) is 0.273. The standard InChI is InChI=1S/C22H24ClNO3S/c23-19-12-16(6-7-18(19)20(24)13-17(26)8-10-25)22-21(9-11-28-22)27-14-15-4-2-1-3-5-15/h1-7,9,11-12,17,20,25-26H,8,10,13-14,24H2. The average molecular weight is 418 g/mol. The smallest absolute Gasteiger partial charge is 0.138 e. The molecule has 0 amide bonds. The molecule has 0 aliphatic rings. The van der Waals surface area contributed by atoms with Crippen molar-refractivity contribution in [3.8, 4) is 16.2 Å². The zero-order valence-corrected chi connectivity index (χ0v) is 17.0. The number of aliphatic hydroxyl groups is 2. The number of thiophene rings is 1. The third-order valence-corrected chi connectivity index (χ3v) is 5.79. The van der Waals surface area contributed by atoms with E-state index >= 15 is 0 Å². The Labute approximate surface area is 174 Å². The average Bonchev–Trinajstić information content (AvgIpc) is 3.15. The molecule has 0 aliphatic carbocycles. The zero-order chi connectivity index (χ0) is 19.9. The van der Waals surface area contributed by atoms with Crippen LogP contribution in [0.1, 0.15) is 30.0 Å². The number of ether oxygens (including phenoxy) is 1. The Balaban J connectivity index is 1.73. The van der Waals surface area contributed by atoms with Gasteiger partial charge in [-0.1, -0.05) is 54.1 Å². The Morgan fingerprint density at radius 1 is 1.11 bits per heavy atom. The number of benzene rings is 2. The van der Waals surface area contributed by atoms with Crippen molar-refractivity contribution >= 4 is 22.9 Å². The molecule has 0 saturated carbocycles. The van der Waals surface area contributed by atoms with Gasteiger partial charge in [0.25, 0.3) is 0 Å². The van der Waals surface area contributed by atoms with Gasteiger partial charge in [0.1, 0.15) is 12.4 Å². The van der Waals surface area contributed by atoms with Crippen LogP contribution in [-0.4, -0.2) is 22.9 Å². The fourth-order valence-corrected chi connectivity index (χ4v) is 4.17. The summed E-state index contributed by atoms with van der Waals surface area (Å²) >= 11 is 8.08. The van der Waals surface area contributed by atoms with Crippen LogP contribution in [0.25, 0.3) is 10.4 Å². The minimum Gasteiger partial charge on any atom is -0.487 e. The monoisotopic (exact) mass is 417 g/mol. The zero-order valence-electron chi connectivity index (χ0n) is 15.4. The van der Waals surface area contributed by atoms with Crippen molar-refractivity contribution in [3.05, 3.63) is 76.1 Å². The van der Waals surface area contributed by atoms with Crippen LogP contribution in [-0.2, 0) is 6.61 Å². The molecular formula is C22H24ClNO3S. The van der Waals surface area contributed by atoms with Gasteiger partial charge >= 0.3 is 0 Å². The van der Waals surface area contributed by atoms with Gasteiger partial charge in [0.15, 0.2) is 0 Å². The molecule has 3 rings (SSSR count). The van der Waals surface area contributed by atoms with E-state index in [1.54, 1.807) is 11.3 Å². The van der Waals surface area contributed by atoms with Crippen molar-refractivity contribution in [2.75, 3.05) is 6.61 Å². The summed E-state index contributed by atoms with van der Waals surface area (Å²) in [6.07, 6.45) is 0.0103. The Hall–Kier alpha value is -1.89. The van der Waals surface area contributed by atoms with Crippen LogP contribution in [0.3, 0.4) is 0 Å². The van der Waals surface area contributed by atoms with E-state index in [-0.39, 0.29) is 12.6 Å². The molecular weight excluding hydrogens is 394 g/mol. The van der Waals surface area contributed by atoms with E-state index in [2.05, 4.69) is 0 Å². The van der Waals surface area contributed by atoms with Gasteiger partial charge in [-0.3, -0.25) is 0 Å². The van der Waals surface area contributed by atoms with E-state index in [0.717, 1.165) is 27.3 Å². The van der Waals surface area contributed by atoms with Crippen LogP contribution in [0.4, 0.5) is 0 Å². The molecule has 4 nitrogen and oxygen atoms in total. The van der Waals surface area contributed by atoms with Crippen molar-refractivity contribution in [1.29, 1.82) is 0 Å². The van der Waals surface area contributed by atoms with Crippen molar-refractivity contribution in [3.63, 3.8) is 0 Å². The van der Waals surface area contributed by atoms with Gasteiger partial charge in [-0.05, 0) is 47.0 Å². The molecule has 28 heavy (non-hydrogen) atoms. The van der Waals surface area contributed by atoms with Gasteiger partial charge in [-0.15, -0.1) is 11.3 Å². The Morgan fingerprint density at radius 3 is 2.61 bits per heavy atom. The number of aliphatic hydroxyl groups excluding tert-OH is 2. The van der Waals surface area contributed by atoms with Gasteiger partial charge in [0.05, 0.1) is 11.0 Å². The van der Waals surface area contributed by atoms with Gasteiger partial charge in [-0.25, -0.2) is 0 Å². The molecule has 0 aliphatic heterocycles. The van der Waals surface area contributed by atoms with Gasteiger partial charge in [-0.2, -0.15) is 0 Å². The number of nitrogens with two attached hydrogens (primary N) is 1. The molecule has 148 valence electrons. The first kappa shape index (κ1) is 20.8. The van der Waals surface area contributed by atoms with E-state index in [1.165, 1.54) is 0 Å². The van der Waals surface area contributed by atoms with E-state index in [0.29, 0.717) is 24.5 Å². The number of rotatable bonds is 9. The Kier molecular flexibility index (Phi) is 7.48. The molecule has 1 aromatic heterocycles. The van der Waals surface area contributed by atoms with Crippen LogP contribution >= 0.6 is 22.9 Å². The molecule has 0 radical (unpaired) electrons. The van der Waals surface area contributed by atoms with Crippen LogP contribution in [0.5, 0.6) is 5.75 Å². The lowest BCUT2D eigenvalue weighted by Crippen LogP contribution is -2.20. The van der Waals surface area contributed by atoms with Crippen molar-refractivity contribution in [2.24, 2.45) is 5.73 Å². The number of hydrogen-bond acceptors (Lipinski definition) is 5. The van der Waals surface area contributed by atoms with Gasteiger partial charge < -0.3 is 20.7 Å². The minimum absolute atomic E-state index is 0.0648. The minimum atomic E-state index is -0.647. The van der Waals surface area contributed by atoms with Gasteiger partial charge in [0, 0.05) is 17.7 Å². The van der Waals surface area contributed by atoms with Gasteiger partial charge in [0.2, 0.25) is 0 Å². The summed E-state index contributed by atoms with van der Waals surface area (Å²) in [5.41, 5.74) is 9.05. The predicted octanol–water partition coefficient (Wildman–Crippen LogP) is 4.78. The fourth-order valence-electron chi connectivity index (χ4n) is 3.01. The molecule has 2 aromatic carbocycles. The molecule has 1 heterocycles. The first-order valence-electron chi connectivity index (χ1n) is 9.17. The first-order chi connectivity index (χ1) is 13.6. The van der Waals surface area contributed by atoms with Crippen molar-refractivity contribution in [1.82, 2.24) is 0 Å². The van der Waals surface area contributed by atoms with E-state index in [1.807, 2.05) is 60.0 Å². The lowest BCUT2D eigenvalue weighted by atomic mass is 9.98.